The van der Waals surface area contributed by atoms with Crippen LogP contribution in [0.15, 0.2) is 31.0 Å². The third-order valence-corrected chi connectivity index (χ3v) is 3.02. The van der Waals surface area contributed by atoms with Crippen LogP contribution < -0.4 is 0 Å². The Balaban J connectivity index is 3.52. The first kappa shape index (κ1) is 17.4. The van der Waals surface area contributed by atoms with Crippen molar-refractivity contribution >= 4 is 11.9 Å². The zero-order valence-electron chi connectivity index (χ0n) is 12.7. The first-order valence-corrected chi connectivity index (χ1v) is 6.88. The maximum atomic E-state index is 12.5. The molecule has 0 aliphatic rings. The highest BCUT2D eigenvalue weighted by molar-refractivity contribution is 6.06. The van der Waals surface area contributed by atoms with Crippen LogP contribution in [0, 0.1) is 11.3 Å². The van der Waals surface area contributed by atoms with E-state index in [1.807, 2.05) is 6.07 Å². The summed E-state index contributed by atoms with van der Waals surface area (Å²) in [7, 11) is 0. The van der Waals surface area contributed by atoms with Crippen LogP contribution in [0.4, 0.5) is 0 Å². The average molecular weight is 302 g/mol. The van der Waals surface area contributed by atoms with E-state index in [0.717, 1.165) is 0 Å². The maximum Gasteiger partial charge on any atom is 0.330 e. The summed E-state index contributed by atoms with van der Waals surface area (Å²) in [6, 6.07) is 4.82. The zero-order valence-corrected chi connectivity index (χ0v) is 12.7. The van der Waals surface area contributed by atoms with Gasteiger partial charge in [-0.15, -0.1) is 6.58 Å². The fraction of sp³-hybridized carbons (Fsp3) is 0.375. The molecule has 0 saturated heterocycles. The third-order valence-electron chi connectivity index (χ3n) is 3.02. The molecule has 0 bridgehead atoms. The van der Waals surface area contributed by atoms with E-state index in [4.69, 9.17) is 14.7 Å². The number of hydrogen-bond acceptors (Lipinski definition) is 6. The van der Waals surface area contributed by atoms with Crippen molar-refractivity contribution in [2.24, 2.45) is 0 Å². The molecule has 6 nitrogen and oxygen atoms in total. The highest BCUT2D eigenvalue weighted by Crippen LogP contribution is 2.31. The summed E-state index contributed by atoms with van der Waals surface area (Å²) in [4.78, 5) is 29.0. The normalized spacial score (nSPS) is 10.4. The summed E-state index contributed by atoms with van der Waals surface area (Å²) in [6.07, 6.45) is 2.76. The molecule has 116 valence electrons. The van der Waals surface area contributed by atoms with Gasteiger partial charge in [-0.05, 0) is 32.4 Å². The number of allylic oxidation sites excluding steroid dienone is 1. The summed E-state index contributed by atoms with van der Waals surface area (Å²) in [5, 5.41) is 9.01. The molecular weight excluding hydrogens is 284 g/mol. The molecule has 0 aliphatic heterocycles. The number of nitrogens with zero attached hydrogens (tertiary/aromatic N) is 2. The summed E-state index contributed by atoms with van der Waals surface area (Å²) in [5.41, 5.74) is -1.35. The highest BCUT2D eigenvalue weighted by Gasteiger charge is 2.51. The number of carbonyl (C=O) groups is 2. The first-order valence-electron chi connectivity index (χ1n) is 6.88. The van der Waals surface area contributed by atoms with Gasteiger partial charge in [0.2, 0.25) is 5.41 Å². The summed E-state index contributed by atoms with van der Waals surface area (Å²) in [6.45, 7) is 7.08. The second-order valence-electron chi connectivity index (χ2n) is 4.38. The van der Waals surface area contributed by atoms with E-state index in [9.17, 15) is 9.59 Å². The Kier molecular flexibility index (Phi) is 6.26. The quantitative estimate of drug-likeness (QED) is 0.434. The van der Waals surface area contributed by atoms with Gasteiger partial charge >= 0.3 is 11.9 Å². The summed E-state index contributed by atoms with van der Waals surface area (Å²) >= 11 is 0. The van der Waals surface area contributed by atoms with E-state index in [-0.39, 0.29) is 30.9 Å². The van der Waals surface area contributed by atoms with Gasteiger partial charge in [0.1, 0.15) is 0 Å². The Bertz CT molecular complexity index is 586. The van der Waals surface area contributed by atoms with Gasteiger partial charge in [0.05, 0.1) is 30.5 Å². The molecule has 0 N–H and O–H groups in total. The molecule has 0 fully saturated rings. The Labute approximate surface area is 129 Å². The molecule has 0 aliphatic carbocycles. The van der Waals surface area contributed by atoms with Crippen LogP contribution in [-0.4, -0.2) is 30.1 Å². The molecule has 6 heteroatoms. The molecule has 0 spiro atoms. The van der Waals surface area contributed by atoms with Gasteiger partial charge in [-0.1, -0.05) is 6.08 Å². The van der Waals surface area contributed by atoms with Crippen molar-refractivity contribution < 1.29 is 19.1 Å². The van der Waals surface area contributed by atoms with Gasteiger partial charge in [0.25, 0.3) is 0 Å². The minimum Gasteiger partial charge on any atom is -0.465 e. The van der Waals surface area contributed by atoms with Crippen molar-refractivity contribution in [3.63, 3.8) is 0 Å². The van der Waals surface area contributed by atoms with E-state index in [1.54, 1.807) is 13.8 Å². The summed E-state index contributed by atoms with van der Waals surface area (Å²) in [5.74, 6) is -1.54. The van der Waals surface area contributed by atoms with Crippen LogP contribution in [0.25, 0.3) is 0 Å². The Morgan fingerprint density at radius 1 is 1.36 bits per heavy atom. The minimum atomic E-state index is -1.75. The molecule has 1 aromatic rings. The molecule has 0 saturated carbocycles. The predicted molar refractivity (Wildman–Crippen MR) is 78.7 cm³/mol. The number of aromatic nitrogens is 1. The SMILES string of the molecule is C=CCC(C(=O)OCC)(C(=O)OCC)c1cc(C#N)ccn1. The maximum absolute atomic E-state index is 12.5. The Hall–Kier alpha value is -2.68. The van der Waals surface area contributed by atoms with Crippen LogP contribution >= 0.6 is 0 Å². The van der Waals surface area contributed by atoms with Crippen LogP contribution in [0.3, 0.4) is 0 Å². The zero-order chi connectivity index (χ0) is 16.6. The minimum absolute atomic E-state index is 0.0352. The second kappa shape index (κ2) is 7.93. The topological polar surface area (TPSA) is 89.3 Å². The van der Waals surface area contributed by atoms with Crippen molar-refractivity contribution in [3.05, 3.63) is 42.2 Å². The van der Waals surface area contributed by atoms with Crippen molar-refractivity contribution in [1.82, 2.24) is 4.98 Å². The molecule has 0 amide bonds. The van der Waals surface area contributed by atoms with Crippen molar-refractivity contribution in [2.45, 2.75) is 25.7 Å². The number of rotatable bonds is 7. The lowest BCUT2D eigenvalue weighted by Gasteiger charge is -2.27. The van der Waals surface area contributed by atoms with Crippen LogP contribution in [-0.2, 0) is 24.5 Å². The highest BCUT2D eigenvalue weighted by atomic mass is 16.6. The van der Waals surface area contributed by atoms with Crippen molar-refractivity contribution in [3.8, 4) is 6.07 Å². The molecule has 1 heterocycles. The number of pyridine rings is 1. The molecule has 0 aromatic carbocycles. The first-order chi connectivity index (χ1) is 10.6. The second-order valence-corrected chi connectivity index (χ2v) is 4.38. The van der Waals surface area contributed by atoms with Gasteiger partial charge in [-0.2, -0.15) is 5.26 Å². The molecule has 1 rings (SSSR count). The van der Waals surface area contributed by atoms with E-state index >= 15 is 0 Å². The Morgan fingerprint density at radius 3 is 2.41 bits per heavy atom. The standard InChI is InChI=1S/C16H18N2O4/c1-4-8-16(14(19)21-5-2,15(20)22-6-3)13-10-12(11-17)7-9-18-13/h4,7,9-10H,1,5-6,8H2,2-3H3. The van der Waals surface area contributed by atoms with Crippen LogP contribution in [0.1, 0.15) is 31.5 Å². The fourth-order valence-electron chi connectivity index (χ4n) is 2.02. The molecule has 0 atom stereocenters. The monoisotopic (exact) mass is 302 g/mol. The van der Waals surface area contributed by atoms with Crippen LogP contribution in [0.2, 0.25) is 0 Å². The third kappa shape index (κ3) is 3.31. The number of carbonyl (C=O) groups excluding carboxylic acids is 2. The lowest BCUT2D eigenvalue weighted by atomic mass is 9.80. The predicted octanol–water partition coefficient (Wildman–Crippen LogP) is 1.89. The van der Waals surface area contributed by atoms with Gasteiger partial charge < -0.3 is 9.47 Å². The molecule has 1 aromatic heterocycles. The van der Waals surface area contributed by atoms with E-state index in [1.165, 1.54) is 24.4 Å². The van der Waals surface area contributed by atoms with Gasteiger partial charge in [0, 0.05) is 6.20 Å². The number of hydrogen-bond donors (Lipinski definition) is 0. The molecule has 22 heavy (non-hydrogen) atoms. The number of esters is 2. The van der Waals surface area contributed by atoms with E-state index < -0.39 is 17.4 Å². The molecule has 0 unspecified atom stereocenters. The van der Waals surface area contributed by atoms with E-state index in [0.29, 0.717) is 0 Å². The smallest absolute Gasteiger partial charge is 0.330 e. The van der Waals surface area contributed by atoms with Gasteiger partial charge in [-0.25, -0.2) is 0 Å². The number of ether oxygens (including phenoxy) is 2. The lowest BCUT2D eigenvalue weighted by molar-refractivity contribution is -0.165. The van der Waals surface area contributed by atoms with Crippen LogP contribution in [0.5, 0.6) is 0 Å². The molecular formula is C16H18N2O4. The van der Waals surface area contributed by atoms with Crippen molar-refractivity contribution in [1.29, 1.82) is 5.26 Å². The Morgan fingerprint density at radius 2 is 1.95 bits per heavy atom. The lowest BCUT2D eigenvalue weighted by Crippen LogP contribution is -2.46. The van der Waals surface area contributed by atoms with Crippen molar-refractivity contribution in [2.75, 3.05) is 13.2 Å². The van der Waals surface area contributed by atoms with Gasteiger partial charge in [-0.3, -0.25) is 14.6 Å². The van der Waals surface area contributed by atoms with E-state index in [2.05, 4.69) is 11.6 Å². The number of nitriles is 1. The van der Waals surface area contributed by atoms with Gasteiger partial charge in [0.15, 0.2) is 0 Å². The average Bonchev–Trinajstić information content (AvgIpc) is 2.53. The largest absolute Gasteiger partial charge is 0.465 e. The summed E-state index contributed by atoms with van der Waals surface area (Å²) < 4.78 is 10.1. The fourth-order valence-corrected chi connectivity index (χ4v) is 2.02. The molecule has 0 radical (unpaired) electrons.